The molecule has 2 saturated heterocycles. The molecule has 7 heteroatoms. The van der Waals surface area contributed by atoms with Gasteiger partial charge in [0.2, 0.25) is 0 Å². The summed E-state index contributed by atoms with van der Waals surface area (Å²) in [6.45, 7) is 7.98. The van der Waals surface area contributed by atoms with E-state index in [1.807, 2.05) is 31.3 Å². The number of guanidine groups is 1. The van der Waals surface area contributed by atoms with Crippen LogP contribution in [0.15, 0.2) is 29.3 Å². The lowest BCUT2D eigenvalue weighted by atomic mass is 10.1. The van der Waals surface area contributed by atoms with Crippen molar-refractivity contribution in [3.05, 3.63) is 29.8 Å². The molecule has 2 aliphatic heterocycles. The first kappa shape index (κ1) is 24.2. The number of aliphatic imine (C=N–C) groups is 1. The summed E-state index contributed by atoms with van der Waals surface area (Å²) in [5.74, 6) is 2.64. The summed E-state index contributed by atoms with van der Waals surface area (Å²) in [6, 6.07) is 7.99. The molecular weight excluding hydrogens is 479 g/mol. The fourth-order valence-electron chi connectivity index (χ4n) is 4.25. The number of methoxy groups -OCH3 is 1. The van der Waals surface area contributed by atoms with Crippen LogP contribution in [0.4, 0.5) is 0 Å². The van der Waals surface area contributed by atoms with Crippen LogP contribution in [0.3, 0.4) is 0 Å². The van der Waals surface area contributed by atoms with E-state index in [0.29, 0.717) is 13.2 Å². The highest BCUT2D eigenvalue weighted by atomic mass is 127. The van der Waals surface area contributed by atoms with Crippen molar-refractivity contribution >= 4 is 29.9 Å². The molecule has 0 aromatic heterocycles. The van der Waals surface area contributed by atoms with E-state index in [4.69, 9.17) is 9.47 Å². The highest BCUT2D eigenvalue weighted by molar-refractivity contribution is 14.0. The molecule has 2 heterocycles. The summed E-state index contributed by atoms with van der Waals surface area (Å²) in [6.07, 6.45) is 5.41. The van der Waals surface area contributed by atoms with E-state index in [9.17, 15) is 0 Å². The normalized spacial score (nSPS) is 20.4. The van der Waals surface area contributed by atoms with Crippen LogP contribution < -0.4 is 10.1 Å². The quantitative estimate of drug-likeness (QED) is 0.249. The van der Waals surface area contributed by atoms with E-state index in [0.717, 1.165) is 42.8 Å². The van der Waals surface area contributed by atoms with Crippen molar-refractivity contribution in [2.45, 2.75) is 32.3 Å². The Kier molecular flexibility index (Phi) is 11.1. The molecule has 29 heavy (non-hydrogen) atoms. The summed E-state index contributed by atoms with van der Waals surface area (Å²) in [5.41, 5.74) is 1.08. The van der Waals surface area contributed by atoms with Crippen LogP contribution in [-0.4, -0.2) is 75.8 Å². The number of likely N-dealkylation sites (tertiary alicyclic amines) is 2. The third-order valence-corrected chi connectivity index (χ3v) is 5.74. The lowest BCUT2D eigenvalue weighted by Crippen LogP contribution is -2.42. The molecule has 0 aliphatic carbocycles. The van der Waals surface area contributed by atoms with Crippen LogP contribution in [0.25, 0.3) is 0 Å². The summed E-state index contributed by atoms with van der Waals surface area (Å²) in [4.78, 5) is 9.53. The number of nitrogens with zero attached hydrogens (tertiary/aromatic N) is 3. The second kappa shape index (κ2) is 13.3. The number of benzene rings is 1. The van der Waals surface area contributed by atoms with Crippen molar-refractivity contribution in [1.82, 2.24) is 15.1 Å². The Morgan fingerprint density at radius 3 is 2.72 bits per heavy atom. The first-order valence-corrected chi connectivity index (χ1v) is 10.7. The van der Waals surface area contributed by atoms with Gasteiger partial charge in [0.25, 0.3) is 0 Å². The van der Waals surface area contributed by atoms with Gasteiger partial charge in [-0.3, -0.25) is 4.99 Å². The second-order valence-corrected chi connectivity index (χ2v) is 7.80. The third-order valence-electron chi connectivity index (χ3n) is 5.74. The van der Waals surface area contributed by atoms with Gasteiger partial charge in [0.1, 0.15) is 5.75 Å². The Labute approximate surface area is 193 Å². The van der Waals surface area contributed by atoms with Crippen molar-refractivity contribution in [3.63, 3.8) is 0 Å². The van der Waals surface area contributed by atoms with E-state index in [2.05, 4.69) is 20.1 Å². The standard InChI is InChI=1S/C22H36N4O2.HI/c1-23-22(24-11-15-28-18-20-8-4-5-9-21(20)27-2)26-14-10-19(17-26)16-25-12-6-3-7-13-25;/h4-5,8-9,19H,3,6-7,10-18H2,1-2H3,(H,23,24);1H. The van der Waals surface area contributed by atoms with Gasteiger partial charge in [-0.15, -0.1) is 24.0 Å². The first-order chi connectivity index (χ1) is 13.8. The summed E-state index contributed by atoms with van der Waals surface area (Å²) >= 11 is 0. The molecule has 0 spiro atoms. The third kappa shape index (κ3) is 7.61. The fraction of sp³-hybridized carbons (Fsp3) is 0.682. The predicted octanol–water partition coefficient (Wildman–Crippen LogP) is 3.21. The predicted molar refractivity (Wildman–Crippen MR) is 129 cm³/mol. The fourth-order valence-corrected chi connectivity index (χ4v) is 4.25. The Morgan fingerprint density at radius 2 is 1.97 bits per heavy atom. The molecule has 0 amide bonds. The molecule has 2 fully saturated rings. The van der Waals surface area contributed by atoms with E-state index in [-0.39, 0.29) is 24.0 Å². The van der Waals surface area contributed by atoms with Crippen molar-refractivity contribution < 1.29 is 9.47 Å². The highest BCUT2D eigenvalue weighted by Gasteiger charge is 2.26. The molecule has 1 aromatic carbocycles. The zero-order valence-corrected chi connectivity index (χ0v) is 20.3. The van der Waals surface area contributed by atoms with Crippen LogP contribution in [0.2, 0.25) is 0 Å². The van der Waals surface area contributed by atoms with E-state index >= 15 is 0 Å². The minimum Gasteiger partial charge on any atom is -0.496 e. The maximum absolute atomic E-state index is 5.82. The summed E-state index contributed by atoms with van der Waals surface area (Å²) in [5, 5.41) is 3.46. The SMILES string of the molecule is CN=C(NCCOCc1ccccc1OC)N1CCC(CN2CCCCC2)C1.I. The number of hydrogen-bond donors (Lipinski definition) is 1. The Hall–Kier alpha value is -1.06. The van der Waals surface area contributed by atoms with Gasteiger partial charge in [-0.25, -0.2) is 0 Å². The molecule has 0 bridgehead atoms. The zero-order valence-electron chi connectivity index (χ0n) is 17.9. The first-order valence-electron chi connectivity index (χ1n) is 10.7. The maximum Gasteiger partial charge on any atom is 0.193 e. The van der Waals surface area contributed by atoms with Gasteiger partial charge >= 0.3 is 0 Å². The number of piperidine rings is 1. The van der Waals surface area contributed by atoms with Crippen molar-refractivity contribution in [3.8, 4) is 5.75 Å². The van der Waals surface area contributed by atoms with Gasteiger partial charge in [0, 0.05) is 38.8 Å². The molecule has 1 N–H and O–H groups in total. The van der Waals surface area contributed by atoms with Crippen LogP contribution >= 0.6 is 24.0 Å². The molecule has 1 atom stereocenters. The zero-order chi connectivity index (χ0) is 19.6. The number of halogens is 1. The average Bonchev–Trinajstić information content (AvgIpc) is 3.20. The Balaban J connectivity index is 0.00000300. The molecular formula is C22H37IN4O2. The topological polar surface area (TPSA) is 49.3 Å². The maximum atomic E-state index is 5.82. The average molecular weight is 516 g/mol. The molecule has 0 saturated carbocycles. The highest BCUT2D eigenvalue weighted by Crippen LogP contribution is 2.20. The van der Waals surface area contributed by atoms with E-state index in [1.54, 1.807) is 7.11 Å². The van der Waals surface area contributed by atoms with Crippen LogP contribution in [0.1, 0.15) is 31.2 Å². The minimum atomic E-state index is 0. The number of hydrogen-bond acceptors (Lipinski definition) is 4. The number of rotatable bonds is 8. The van der Waals surface area contributed by atoms with Crippen LogP contribution in [-0.2, 0) is 11.3 Å². The molecule has 1 aromatic rings. The second-order valence-electron chi connectivity index (χ2n) is 7.80. The van der Waals surface area contributed by atoms with Gasteiger partial charge in [-0.2, -0.15) is 0 Å². The van der Waals surface area contributed by atoms with Crippen molar-refractivity contribution in [1.29, 1.82) is 0 Å². The van der Waals surface area contributed by atoms with Crippen LogP contribution in [0.5, 0.6) is 5.75 Å². The molecule has 0 radical (unpaired) electrons. The van der Waals surface area contributed by atoms with Crippen LogP contribution in [0, 0.1) is 5.92 Å². The van der Waals surface area contributed by atoms with Gasteiger partial charge < -0.3 is 24.6 Å². The lowest BCUT2D eigenvalue weighted by Gasteiger charge is -2.29. The molecule has 1 unspecified atom stereocenters. The number of para-hydroxylation sites is 1. The monoisotopic (exact) mass is 516 g/mol. The lowest BCUT2D eigenvalue weighted by molar-refractivity contribution is 0.123. The van der Waals surface area contributed by atoms with Crippen molar-refractivity contribution in [2.24, 2.45) is 10.9 Å². The van der Waals surface area contributed by atoms with Gasteiger partial charge in [-0.05, 0) is 44.3 Å². The van der Waals surface area contributed by atoms with Gasteiger partial charge in [0.05, 0.1) is 20.3 Å². The van der Waals surface area contributed by atoms with Gasteiger partial charge in [-0.1, -0.05) is 24.6 Å². The molecule has 164 valence electrons. The Bertz CT molecular complexity index is 623. The smallest absolute Gasteiger partial charge is 0.193 e. The molecule has 2 aliphatic rings. The minimum absolute atomic E-state index is 0. The summed E-state index contributed by atoms with van der Waals surface area (Å²) in [7, 11) is 3.56. The number of nitrogens with one attached hydrogen (secondary N) is 1. The van der Waals surface area contributed by atoms with E-state index < -0.39 is 0 Å². The Morgan fingerprint density at radius 1 is 1.17 bits per heavy atom. The van der Waals surface area contributed by atoms with Gasteiger partial charge in [0.15, 0.2) is 5.96 Å². The molecule has 6 nitrogen and oxygen atoms in total. The molecule has 3 rings (SSSR count). The number of ether oxygens (including phenoxy) is 2. The summed E-state index contributed by atoms with van der Waals surface area (Å²) < 4.78 is 11.2. The largest absolute Gasteiger partial charge is 0.496 e. The van der Waals surface area contributed by atoms with Crippen molar-refractivity contribution in [2.75, 3.05) is 60.0 Å². The van der Waals surface area contributed by atoms with E-state index in [1.165, 1.54) is 45.3 Å².